The Labute approximate surface area is 194 Å². The number of hydrogen-bond donors (Lipinski definition) is 3. The van der Waals surface area contributed by atoms with Crippen LogP contribution in [0.15, 0.2) is 73.3 Å². The van der Waals surface area contributed by atoms with Crippen molar-refractivity contribution < 1.29 is 14.7 Å². The van der Waals surface area contributed by atoms with E-state index in [1.807, 2.05) is 24.3 Å². The number of hydrogen-bond acceptors (Lipinski definition) is 5. The van der Waals surface area contributed by atoms with Crippen molar-refractivity contribution in [2.75, 3.05) is 0 Å². The van der Waals surface area contributed by atoms with Gasteiger partial charge in [-0.3, -0.25) is 9.48 Å². The summed E-state index contributed by atoms with van der Waals surface area (Å²) in [4.78, 5) is 35.1. The Morgan fingerprint density at radius 3 is 2.50 bits per heavy atom. The minimum atomic E-state index is -0.986. The third-order valence-corrected chi connectivity index (χ3v) is 5.55. The number of carbonyl (C=O) groups is 2. The average molecular weight is 452 g/mol. The van der Waals surface area contributed by atoms with Crippen LogP contribution in [-0.2, 0) is 13.6 Å². The first-order chi connectivity index (χ1) is 16.5. The lowest BCUT2D eigenvalue weighted by atomic mass is 10.1. The standard InChI is InChI=1S/C25H20N6O3/c1-31-23(10-22(30-31)24(32)28-11-15-2-4-16(5-3-15)25(33)34)17-6-7-20-18(8-17)9-21(29-20)19-12-26-14-27-13-19/h2-10,12-14,29H,11H2,1H3,(H,28,32)(H,33,34). The van der Waals surface area contributed by atoms with Crippen molar-refractivity contribution in [1.29, 1.82) is 0 Å². The van der Waals surface area contributed by atoms with Crippen LogP contribution in [0.25, 0.3) is 33.4 Å². The number of nitrogens with one attached hydrogen (secondary N) is 2. The van der Waals surface area contributed by atoms with E-state index < -0.39 is 5.97 Å². The molecule has 2 aromatic carbocycles. The highest BCUT2D eigenvalue weighted by atomic mass is 16.4. The van der Waals surface area contributed by atoms with Gasteiger partial charge in [0.25, 0.3) is 5.91 Å². The van der Waals surface area contributed by atoms with Crippen LogP contribution in [-0.4, -0.2) is 41.7 Å². The second kappa shape index (κ2) is 8.62. The number of aryl methyl sites for hydroxylation is 1. The summed E-state index contributed by atoms with van der Waals surface area (Å²) in [6.45, 7) is 0.270. The molecule has 0 atom stereocenters. The van der Waals surface area contributed by atoms with E-state index in [0.29, 0.717) is 5.69 Å². The van der Waals surface area contributed by atoms with Crippen LogP contribution in [0.3, 0.4) is 0 Å². The molecule has 0 fully saturated rings. The van der Waals surface area contributed by atoms with Crippen molar-refractivity contribution in [3.8, 4) is 22.5 Å². The van der Waals surface area contributed by atoms with Gasteiger partial charge in [0.15, 0.2) is 5.69 Å². The molecule has 3 N–H and O–H groups in total. The Hall–Kier alpha value is -4.79. The van der Waals surface area contributed by atoms with Crippen molar-refractivity contribution >= 4 is 22.8 Å². The first-order valence-corrected chi connectivity index (χ1v) is 10.5. The number of aromatic nitrogens is 5. The topological polar surface area (TPSA) is 126 Å². The van der Waals surface area contributed by atoms with Crippen LogP contribution in [0.4, 0.5) is 0 Å². The van der Waals surface area contributed by atoms with Gasteiger partial charge < -0.3 is 15.4 Å². The molecular weight excluding hydrogens is 432 g/mol. The molecule has 0 bridgehead atoms. The molecule has 0 spiro atoms. The molecule has 0 aliphatic heterocycles. The van der Waals surface area contributed by atoms with Crippen LogP contribution in [0.5, 0.6) is 0 Å². The summed E-state index contributed by atoms with van der Waals surface area (Å²) in [6.07, 6.45) is 5.01. The lowest BCUT2D eigenvalue weighted by Gasteiger charge is -2.04. The first kappa shape index (κ1) is 21.1. The Morgan fingerprint density at radius 2 is 1.76 bits per heavy atom. The fraction of sp³-hybridized carbons (Fsp3) is 0.0800. The number of carbonyl (C=O) groups excluding carboxylic acids is 1. The highest BCUT2D eigenvalue weighted by Crippen LogP contribution is 2.28. The maximum Gasteiger partial charge on any atom is 0.335 e. The monoisotopic (exact) mass is 452 g/mol. The van der Waals surface area contributed by atoms with Crippen molar-refractivity contribution in [3.05, 3.63) is 90.1 Å². The van der Waals surface area contributed by atoms with E-state index in [9.17, 15) is 9.59 Å². The van der Waals surface area contributed by atoms with Gasteiger partial charge in [0.1, 0.15) is 6.33 Å². The Bertz CT molecular complexity index is 1500. The average Bonchev–Trinajstić information content (AvgIpc) is 3.46. The zero-order chi connectivity index (χ0) is 23.7. The number of fused-ring (bicyclic) bond motifs is 1. The normalized spacial score (nSPS) is 11.0. The van der Waals surface area contributed by atoms with Gasteiger partial charge in [-0.25, -0.2) is 14.8 Å². The summed E-state index contributed by atoms with van der Waals surface area (Å²) in [5.41, 5.74) is 5.85. The van der Waals surface area contributed by atoms with Crippen LogP contribution >= 0.6 is 0 Å². The van der Waals surface area contributed by atoms with Crippen LogP contribution < -0.4 is 5.32 Å². The van der Waals surface area contributed by atoms with Gasteiger partial charge in [-0.1, -0.05) is 18.2 Å². The number of rotatable bonds is 6. The molecule has 5 rings (SSSR count). The molecule has 5 aromatic rings. The second-order valence-corrected chi connectivity index (χ2v) is 7.84. The second-order valence-electron chi connectivity index (χ2n) is 7.84. The number of amides is 1. The van der Waals surface area contributed by atoms with Gasteiger partial charge in [0.2, 0.25) is 0 Å². The van der Waals surface area contributed by atoms with Crippen LogP contribution in [0.1, 0.15) is 26.4 Å². The fourth-order valence-corrected chi connectivity index (χ4v) is 3.77. The lowest BCUT2D eigenvalue weighted by molar-refractivity contribution is 0.0696. The van der Waals surface area contributed by atoms with Gasteiger partial charge in [0, 0.05) is 53.7 Å². The number of carboxylic acids is 1. The third kappa shape index (κ3) is 4.14. The van der Waals surface area contributed by atoms with E-state index >= 15 is 0 Å². The molecule has 0 saturated carbocycles. The molecule has 9 nitrogen and oxygen atoms in total. The van der Waals surface area contributed by atoms with E-state index in [1.54, 1.807) is 42.3 Å². The van der Waals surface area contributed by atoms with Gasteiger partial charge >= 0.3 is 5.97 Å². The number of H-pyrrole nitrogens is 1. The van der Waals surface area contributed by atoms with Crippen molar-refractivity contribution in [2.24, 2.45) is 7.05 Å². The van der Waals surface area contributed by atoms with E-state index in [1.165, 1.54) is 18.5 Å². The summed E-state index contributed by atoms with van der Waals surface area (Å²) < 4.78 is 1.68. The van der Waals surface area contributed by atoms with Crippen LogP contribution in [0, 0.1) is 0 Å². The molecule has 0 saturated heterocycles. The Balaban J connectivity index is 1.34. The minimum absolute atomic E-state index is 0.202. The van der Waals surface area contributed by atoms with Gasteiger partial charge in [-0.05, 0) is 42.0 Å². The third-order valence-electron chi connectivity index (χ3n) is 5.55. The molecule has 0 radical (unpaired) electrons. The smallest absolute Gasteiger partial charge is 0.335 e. The van der Waals surface area contributed by atoms with E-state index in [-0.39, 0.29) is 18.0 Å². The molecule has 0 aliphatic rings. The predicted molar refractivity (Wildman–Crippen MR) is 126 cm³/mol. The quantitative estimate of drug-likeness (QED) is 0.361. The Morgan fingerprint density at radius 1 is 1.00 bits per heavy atom. The number of benzene rings is 2. The molecule has 9 heteroatoms. The molecular formula is C25H20N6O3. The number of aromatic amines is 1. The maximum absolute atomic E-state index is 12.7. The predicted octanol–water partition coefficient (Wildman–Crippen LogP) is 3.65. The van der Waals surface area contributed by atoms with Gasteiger partial charge in [-0.2, -0.15) is 5.10 Å². The largest absolute Gasteiger partial charge is 0.478 e. The maximum atomic E-state index is 12.7. The van der Waals surface area contributed by atoms with Crippen molar-refractivity contribution in [2.45, 2.75) is 6.54 Å². The summed E-state index contributed by atoms with van der Waals surface area (Å²) in [6, 6.07) is 16.2. The number of carboxylic acid groups (broad SMARTS) is 1. The van der Waals surface area contributed by atoms with E-state index in [0.717, 1.165) is 39.0 Å². The molecule has 1 amide bonds. The van der Waals surface area contributed by atoms with Crippen LogP contribution in [0.2, 0.25) is 0 Å². The zero-order valence-corrected chi connectivity index (χ0v) is 18.2. The molecule has 34 heavy (non-hydrogen) atoms. The summed E-state index contributed by atoms with van der Waals surface area (Å²) >= 11 is 0. The fourth-order valence-electron chi connectivity index (χ4n) is 3.77. The summed E-state index contributed by atoms with van der Waals surface area (Å²) in [7, 11) is 1.80. The van der Waals surface area contributed by atoms with Crippen molar-refractivity contribution in [3.63, 3.8) is 0 Å². The SMILES string of the molecule is Cn1nc(C(=O)NCc2ccc(C(=O)O)cc2)cc1-c1ccc2[nH]c(-c3cncnc3)cc2c1. The summed E-state index contributed by atoms with van der Waals surface area (Å²) in [5, 5.41) is 17.2. The highest BCUT2D eigenvalue weighted by Gasteiger charge is 2.15. The van der Waals surface area contributed by atoms with Gasteiger partial charge in [-0.15, -0.1) is 0 Å². The Kier molecular flexibility index (Phi) is 5.35. The molecule has 0 aliphatic carbocycles. The summed E-state index contributed by atoms with van der Waals surface area (Å²) in [5.74, 6) is -1.29. The molecule has 168 valence electrons. The number of aromatic carboxylic acids is 1. The zero-order valence-electron chi connectivity index (χ0n) is 18.2. The highest BCUT2D eigenvalue weighted by molar-refractivity contribution is 5.94. The molecule has 0 unspecified atom stereocenters. The minimum Gasteiger partial charge on any atom is -0.478 e. The van der Waals surface area contributed by atoms with E-state index in [4.69, 9.17) is 5.11 Å². The van der Waals surface area contributed by atoms with E-state index in [2.05, 4.69) is 25.4 Å². The molecule has 3 aromatic heterocycles. The lowest BCUT2D eigenvalue weighted by Crippen LogP contribution is -2.23. The molecule has 3 heterocycles. The van der Waals surface area contributed by atoms with Crippen molar-refractivity contribution in [1.82, 2.24) is 30.0 Å². The number of nitrogens with zero attached hydrogens (tertiary/aromatic N) is 4. The van der Waals surface area contributed by atoms with Gasteiger partial charge in [0.05, 0.1) is 11.3 Å². The first-order valence-electron chi connectivity index (χ1n) is 10.5.